The molecule has 1 fully saturated rings. The number of aromatic amines is 1. The zero-order valence-corrected chi connectivity index (χ0v) is 13.0. The molecule has 4 heteroatoms. The van der Waals surface area contributed by atoms with Crippen LogP contribution in [0, 0.1) is 12.8 Å². The van der Waals surface area contributed by atoms with Crippen molar-refractivity contribution in [2.75, 3.05) is 19.6 Å². The summed E-state index contributed by atoms with van der Waals surface area (Å²) in [7, 11) is 0. The van der Waals surface area contributed by atoms with Gasteiger partial charge in [-0.15, -0.1) is 0 Å². The molecule has 1 aliphatic rings. The maximum absolute atomic E-state index is 10.5. The smallest absolute Gasteiger partial charge is 0.0805 e. The average molecular weight is 287 g/mol. The van der Waals surface area contributed by atoms with E-state index in [9.17, 15) is 5.11 Å². The fourth-order valence-electron chi connectivity index (χ4n) is 3.22. The Kier molecular flexibility index (Phi) is 4.27. The number of hydrogen-bond donors (Lipinski definition) is 2. The summed E-state index contributed by atoms with van der Waals surface area (Å²) in [5, 5.41) is 18.6. The molecule has 1 aromatic carbocycles. The van der Waals surface area contributed by atoms with Crippen LogP contribution < -0.4 is 0 Å². The number of aromatic nitrogens is 2. The van der Waals surface area contributed by atoms with Crippen molar-refractivity contribution in [1.82, 2.24) is 15.1 Å². The molecule has 2 N–H and O–H groups in total. The Morgan fingerprint density at radius 1 is 1.38 bits per heavy atom. The zero-order chi connectivity index (χ0) is 14.8. The number of nitrogens with one attached hydrogen (secondary N) is 1. The van der Waals surface area contributed by atoms with Crippen LogP contribution in [0.15, 0.2) is 18.3 Å². The zero-order valence-electron chi connectivity index (χ0n) is 13.0. The highest BCUT2D eigenvalue weighted by molar-refractivity contribution is 5.79. The van der Waals surface area contributed by atoms with Crippen molar-refractivity contribution in [3.8, 4) is 0 Å². The summed E-state index contributed by atoms with van der Waals surface area (Å²) in [5.74, 6) is 0.858. The minimum Gasteiger partial charge on any atom is -0.388 e. The standard InChI is InChI=1S/C17H25N3O/c1-12-3-6-20(7-4-12)8-5-17(21)15-10-14-11-18-19-16(14)9-13(15)2/h9-12,17,21H,3-8H2,1-2H3,(H,18,19). The Hall–Kier alpha value is -1.39. The van der Waals surface area contributed by atoms with Crippen molar-refractivity contribution in [2.45, 2.75) is 39.2 Å². The van der Waals surface area contributed by atoms with E-state index in [0.717, 1.165) is 40.9 Å². The van der Waals surface area contributed by atoms with Crippen molar-refractivity contribution in [2.24, 2.45) is 5.92 Å². The van der Waals surface area contributed by atoms with Gasteiger partial charge in [-0.2, -0.15) is 5.10 Å². The molecule has 1 aliphatic heterocycles. The largest absolute Gasteiger partial charge is 0.388 e. The molecule has 0 aliphatic carbocycles. The molecule has 1 unspecified atom stereocenters. The number of rotatable bonds is 4. The summed E-state index contributed by atoms with van der Waals surface area (Å²) in [6, 6.07) is 4.14. The van der Waals surface area contributed by atoms with E-state index in [4.69, 9.17) is 0 Å². The van der Waals surface area contributed by atoms with Gasteiger partial charge in [-0.05, 0) is 68.5 Å². The van der Waals surface area contributed by atoms with Gasteiger partial charge in [-0.1, -0.05) is 6.92 Å². The molecule has 21 heavy (non-hydrogen) atoms. The van der Waals surface area contributed by atoms with Gasteiger partial charge < -0.3 is 10.0 Å². The normalized spacial score (nSPS) is 19.2. The van der Waals surface area contributed by atoms with E-state index in [0.29, 0.717) is 0 Å². The first-order valence-electron chi connectivity index (χ1n) is 7.97. The second-order valence-electron chi connectivity index (χ2n) is 6.49. The minimum atomic E-state index is -0.386. The lowest BCUT2D eigenvalue weighted by molar-refractivity contribution is 0.125. The topological polar surface area (TPSA) is 52.1 Å². The van der Waals surface area contributed by atoms with E-state index in [2.05, 4.69) is 41.1 Å². The highest BCUT2D eigenvalue weighted by Crippen LogP contribution is 2.26. The molecule has 0 spiro atoms. The Balaban J connectivity index is 1.63. The van der Waals surface area contributed by atoms with Crippen LogP contribution in [0.5, 0.6) is 0 Å². The number of piperidine rings is 1. The van der Waals surface area contributed by atoms with Gasteiger partial charge in [0.05, 0.1) is 17.8 Å². The molecule has 2 aromatic rings. The molecule has 0 saturated carbocycles. The van der Waals surface area contributed by atoms with E-state index in [1.807, 2.05) is 6.20 Å². The maximum atomic E-state index is 10.5. The molecule has 0 amide bonds. The predicted molar refractivity (Wildman–Crippen MR) is 85.2 cm³/mol. The molecule has 1 aromatic heterocycles. The van der Waals surface area contributed by atoms with E-state index in [1.54, 1.807) is 0 Å². The third-order valence-electron chi connectivity index (χ3n) is 4.78. The van der Waals surface area contributed by atoms with E-state index < -0.39 is 0 Å². The SMILES string of the molecule is Cc1cc2[nH]ncc2cc1C(O)CCN1CCC(C)CC1. The van der Waals surface area contributed by atoms with Gasteiger partial charge in [0.1, 0.15) is 0 Å². The van der Waals surface area contributed by atoms with E-state index >= 15 is 0 Å². The molecule has 0 bridgehead atoms. The number of aliphatic hydroxyl groups is 1. The molecule has 114 valence electrons. The van der Waals surface area contributed by atoms with Gasteiger partial charge in [-0.25, -0.2) is 0 Å². The number of fused-ring (bicyclic) bond motifs is 1. The van der Waals surface area contributed by atoms with Gasteiger partial charge in [0, 0.05) is 11.9 Å². The van der Waals surface area contributed by atoms with Crippen LogP contribution in [0.2, 0.25) is 0 Å². The first-order valence-corrected chi connectivity index (χ1v) is 7.97. The summed E-state index contributed by atoms with van der Waals surface area (Å²) >= 11 is 0. The van der Waals surface area contributed by atoms with Crippen molar-refractivity contribution in [1.29, 1.82) is 0 Å². The average Bonchev–Trinajstić information content (AvgIpc) is 2.92. The second-order valence-corrected chi connectivity index (χ2v) is 6.49. The number of aryl methyl sites for hydroxylation is 1. The van der Waals surface area contributed by atoms with Crippen LogP contribution >= 0.6 is 0 Å². The summed E-state index contributed by atoms with van der Waals surface area (Å²) in [6.07, 6.45) is 4.81. The van der Waals surface area contributed by atoms with Crippen molar-refractivity contribution in [3.63, 3.8) is 0 Å². The molecule has 4 nitrogen and oxygen atoms in total. The number of likely N-dealkylation sites (tertiary alicyclic amines) is 1. The summed E-state index contributed by atoms with van der Waals surface area (Å²) in [5.41, 5.74) is 3.20. The molecule has 1 saturated heterocycles. The third-order valence-corrected chi connectivity index (χ3v) is 4.78. The number of hydrogen-bond acceptors (Lipinski definition) is 3. The lowest BCUT2D eigenvalue weighted by Gasteiger charge is -2.30. The lowest BCUT2D eigenvalue weighted by atomic mass is 9.97. The summed E-state index contributed by atoms with van der Waals surface area (Å²) in [6.45, 7) is 7.72. The number of benzene rings is 1. The van der Waals surface area contributed by atoms with E-state index in [1.165, 1.54) is 25.9 Å². The van der Waals surface area contributed by atoms with E-state index in [-0.39, 0.29) is 6.10 Å². The Labute approximate surface area is 126 Å². The predicted octanol–water partition coefficient (Wildman–Crippen LogP) is 3.03. The lowest BCUT2D eigenvalue weighted by Crippen LogP contribution is -2.34. The first kappa shape index (κ1) is 14.5. The first-order chi connectivity index (χ1) is 10.1. The molecule has 2 heterocycles. The highest BCUT2D eigenvalue weighted by Gasteiger charge is 2.18. The highest BCUT2D eigenvalue weighted by atomic mass is 16.3. The van der Waals surface area contributed by atoms with Crippen LogP contribution in [0.4, 0.5) is 0 Å². The van der Waals surface area contributed by atoms with Crippen LogP contribution in [0.1, 0.15) is 43.4 Å². The van der Waals surface area contributed by atoms with Crippen LogP contribution in [-0.2, 0) is 0 Å². The van der Waals surface area contributed by atoms with Crippen LogP contribution in [0.25, 0.3) is 10.9 Å². The number of H-pyrrole nitrogens is 1. The Morgan fingerprint density at radius 2 is 2.14 bits per heavy atom. The fourth-order valence-corrected chi connectivity index (χ4v) is 3.22. The molecule has 1 atom stereocenters. The quantitative estimate of drug-likeness (QED) is 0.909. The van der Waals surface area contributed by atoms with Gasteiger partial charge >= 0.3 is 0 Å². The van der Waals surface area contributed by atoms with Gasteiger partial charge in [0.15, 0.2) is 0 Å². The maximum Gasteiger partial charge on any atom is 0.0805 e. The second kappa shape index (κ2) is 6.16. The fraction of sp³-hybridized carbons (Fsp3) is 0.588. The third kappa shape index (κ3) is 3.27. The summed E-state index contributed by atoms with van der Waals surface area (Å²) < 4.78 is 0. The van der Waals surface area contributed by atoms with Crippen LogP contribution in [0.3, 0.4) is 0 Å². The Morgan fingerprint density at radius 3 is 2.90 bits per heavy atom. The molecular formula is C17H25N3O. The van der Waals surface area contributed by atoms with Gasteiger partial charge in [-0.3, -0.25) is 5.10 Å². The molecule has 3 rings (SSSR count). The van der Waals surface area contributed by atoms with Crippen molar-refractivity contribution >= 4 is 10.9 Å². The molecule has 0 radical (unpaired) electrons. The molecular weight excluding hydrogens is 262 g/mol. The summed E-state index contributed by atoms with van der Waals surface area (Å²) in [4.78, 5) is 2.48. The van der Waals surface area contributed by atoms with Crippen molar-refractivity contribution in [3.05, 3.63) is 29.5 Å². The number of aliphatic hydroxyl groups excluding tert-OH is 1. The monoisotopic (exact) mass is 287 g/mol. The number of nitrogens with zero attached hydrogens (tertiary/aromatic N) is 2. The minimum absolute atomic E-state index is 0.386. The van der Waals surface area contributed by atoms with Crippen LogP contribution in [-0.4, -0.2) is 39.8 Å². The van der Waals surface area contributed by atoms with Gasteiger partial charge in [0.25, 0.3) is 0 Å². The van der Waals surface area contributed by atoms with Crippen molar-refractivity contribution < 1.29 is 5.11 Å². The Bertz CT molecular complexity index is 599. The van der Waals surface area contributed by atoms with Gasteiger partial charge in [0.2, 0.25) is 0 Å².